The van der Waals surface area contributed by atoms with Gasteiger partial charge in [-0.1, -0.05) is 11.6 Å². The van der Waals surface area contributed by atoms with Gasteiger partial charge in [0, 0.05) is 12.8 Å². The number of hydrogen-bond donors (Lipinski definition) is 3. The SMILES string of the molecule is COCNC(=O)Nc1ccc(N)cc1Cl. The number of carbonyl (C=O) groups is 1. The maximum atomic E-state index is 11.2. The van der Waals surface area contributed by atoms with Gasteiger partial charge < -0.3 is 21.1 Å². The number of urea groups is 1. The summed E-state index contributed by atoms with van der Waals surface area (Å²) in [6.45, 7) is 0.137. The molecular formula is C9H12ClN3O2. The molecule has 0 saturated heterocycles. The molecule has 5 nitrogen and oxygen atoms in total. The molecule has 0 radical (unpaired) electrons. The third kappa shape index (κ3) is 3.65. The van der Waals surface area contributed by atoms with Crippen LogP contribution in [-0.2, 0) is 4.74 Å². The first-order valence-corrected chi connectivity index (χ1v) is 4.60. The van der Waals surface area contributed by atoms with E-state index in [0.29, 0.717) is 16.4 Å². The second-order valence-corrected chi connectivity index (χ2v) is 3.21. The third-order valence-electron chi connectivity index (χ3n) is 1.62. The van der Waals surface area contributed by atoms with Gasteiger partial charge in [-0.05, 0) is 18.2 Å². The standard InChI is InChI=1S/C9H12ClN3O2/c1-15-5-12-9(14)13-8-3-2-6(11)4-7(8)10/h2-4H,5,11H2,1H3,(H2,12,13,14). The molecule has 0 spiro atoms. The van der Waals surface area contributed by atoms with E-state index in [1.165, 1.54) is 7.11 Å². The number of halogens is 1. The van der Waals surface area contributed by atoms with Crippen LogP contribution in [0.1, 0.15) is 0 Å². The topological polar surface area (TPSA) is 76.4 Å². The van der Waals surface area contributed by atoms with Crippen LogP contribution in [0.2, 0.25) is 5.02 Å². The van der Waals surface area contributed by atoms with Crippen molar-refractivity contribution in [1.29, 1.82) is 0 Å². The predicted octanol–water partition coefficient (Wildman–Crippen LogP) is 1.65. The van der Waals surface area contributed by atoms with Crippen LogP contribution in [0.3, 0.4) is 0 Å². The van der Waals surface area contributed by atoms with Crippen LogP contribution in [0.25, 0.3) is 0 Å². The van der Waals surface area contributed by atoms with E-state index in [0.717, 1.165) is 0 Å². The number of anilines is 2. The molecule has 1 rings (SSSR count). The summed E-state index contributed by atoms with van der Waals surface area (Å²) in [6, 6.07) is 4.46. The van der Waals surface area contributed by atoms with Gasteiger partial charge in [0.15, 0.2) is 0 Å². The molecule has 0 unspecified atom stereocenters. The minimum absolute atomic E-state index is 0.137. The summed E-state index contributed by atoms with van der Waals surface area (Å²) in [6.07, 6.45) is 0. The first-order chi connectivity index (χ1) is 7.13. The number of carbonyl (C=O) groups excluding carboxylic acids is 1. The van der Waals surface area contributed by atoms with Gasteiger partial charge in [-0.25, -0.2) is 4.79 Å². The molecule has 4 N–H and O–H groups in total. The minimum atomic E-state index is -0.386. The molecule has 0 fully saturated rings. The van der Waals surface area contributed by atoms with Crippen LogP contribution in [0.4, 0.5) is 16.2 Å². The monoisotopic (exact) mass is 229 g/mol. The molecule has 1 aromatic carbocycles. The summed E-state index contributed by atoms with van der Waals surface area (Å²) in [5.41, 5.74) is 6.55. The van der Waals surface area contributed by atoms with Crippen molar-refractivity contribution >= 4 is 29.0 Å². The molecule has 15 heavy (non-hydrogen) atoms. The fourth-order valence-corrected chi connectivity index (χ4v) is 1.17. The number of ether oxygens (including phenoxy) is 1. The molecule has 0 aromatic heterocycles. The average Bonchev–Trinajstić information content (AvgIpc) is 2.19. The van der Waals surface area contributed by atoms with Crippen LogP contribution in [0.15, 0.2) is 18.2 Å². The van der Waals surface area contributed by atoms with E-state index in [1.807, 2.05) is 0 Å². The number of benzene rings is 1. The Bertz CT molecular complexity index is 357. The average molecular weight is 230 g/mol. The second-order valence-electron chi connectivity index (χ2n) is 2.80. The molecule has 0 aliphatic heterocycles. The number of hydrogen-bond acceptors (Lipinski definition) is 3. The van der Waals surface area contributed by atoms with Gasteiger partial charge in [0.05, 0.1) is 10.7 Å². The van der Waals surface area contributed by atoms with Gasteiger partial charge in [-0.2, -0.15) is 0 Å². The normalized spacial score (nSPS) is 9.73. The highest BCUT2D eigenvalue weighted by molar-refractivity contribution is 6.34. The quantitative estimate of drug-likeness (QED) is 0.545. The van der Waals surface area contributed by atoms with E-state index in [-0.39, 0.29) is 12.8 Å². The number of nitrogen functional groups attached to an aromatic ring is 1. The third-order valence-corrected chi connectivity index (χ3v) is 1.93. The molecule has 0 aliphatic carbocycles. The Labute approximate surface area is 92.5 Å². The fraction of sp³-hybridized carbons (Fsp3) is 0.222. The zero-order chi connectivity index (χ0) is 11.3. The molecule has 0 bridgehead atoms. The lowest BCUT2D eigenvalue weighted by atomic mass is 10.3. The van der Waals surface area contributed by atoms with Crippen molar-refractivity contribution in [2.75, 3.05) is 24.9 Å². The molecule has 82 valence electrons. The van der Waals surface area contributed by atoms with Crippen molar-refractivity contribution in [1.82, 2.24) is 5.32 Å². The van der Waals surface area contributed by atoms with Gasteiger partial charge in [0.1, 0.15) is 6.73 Å². The van der Waals surface area contributed by atoms with Crippen molar-refractivity contribution in [3.05, 3.63) is 23.2 Å². The summed E-state index contributed by atoms with van der Waals surface area (Å²) < 4.78 is 4.67. The molecular weight excluding hydrogens is 218 g/mol. The smallest absolute Gasteiger partial charge is 0.321 e. The molecule has 0 heterocycles. The molecule has 0 aliphatic rings. The van der Waals surface area contributed by atoms with Crippen LogP contribution in [0.5, 0.6) is 0 Å². The summed E-state index contributed by atoms with van der Waals surface area (Å²) in [4.78, 5) is 11.2. The van der Waals surface area contributed by atoms with E-state index < -0.39 is 0 Å². The lowest BCUT2D eigenvalue weighted by Crippen LogP contribution is -2.30. The minimum Gasteiger partial charge on any atom is -0.399 e. The molecule has 0 atom stereocenters. The summed E-state index contributed by atoms with van der Waals surface area (Å²) in [7, 11) is 1.48. The predicted molar refractivity (Wildman–Crippen MR) is 59.9 cm³/mol. The lowest BCUT2D eigenvalue weighted by Gasteiger charge is -2.08. The zero-order valence-electron chi connectivity index (χ0n) is 8.21. The second kappa shape index (κ2) is 5.43. The van der Waals surface area contributed by atoms with E-state index in [9.17, 15) is 4.79 Å². The molecule has 0 saturated carbocycles. The molecule has 6 heteroatoms. The van der Waals surface area contributed by atoms with Crippen LogP contribution in [0, 0.1) is 0 Å². The molecule has 2 amide bonds. The van der Waals surface area contributed by atoms with Crippen molar-refractivity contribution in [3.63, 3.8) is 0 Å². The van der Waals surface area contributed by atoms with Crippen molar-refractivity contribution in [3.8, 4) is 0 Å². The van der Waals surface area contributed by atoms with Crippen LogP contribution < -0.4 is 16.4 Å². The Morgan fingerprint density at radius 1 is 1.60 bits per heavy atom. The Morgan fingerprint density at radius 3 is 2.93 bits per heavy atom. The van der Waals surface area contributed by atoms with Gasteiger partial charge in [0.2, 0.25) is 0 Å². The lowest BCUT2D eigenvalue weighted by molar-refractivity contribution is 0.177. The fourth-order valence-electron chi connectivity index (χ4n) is 0.937. The van der Waals surface area contributed by atoms with Gasteiger partial charge in [-0.3, -0.25) is 0 Å². The van der Waals surface area contributed by atoms with Gasteiger partial charge >= 0.3 is 6.03 Å². The maximum Gasteiger partial charge on any atom is 0.321 e. The number of nitrogens with two attached hydrogens (primary N) is 1. The summed E-state index contributed by atoms with van der Waals surface area (Å²) in [5, 5.41) is 5.41. The largest absolute Gasteiger partial charge is 0.399 e. The van der Waals surface area contributed by atoms with E-state index in [1.54, 1.807) is 18.2 Å². The Morgan fingerprint density at radius 2 is 2.33 bits per heavy atom. The maximum absolute atomic E-state index is 11.2. The van der Waals surface area contributed by atoms with Crippen molar-refractivity contribution < 1.29 is 9.53 Å². The number of amides is 2. The summed E-state index contributed by atoms with van der Waals surface area (Å²) >= 11 is 5.85. The Kier molecular flexibility index (Phi) is 4.20. The van der Waals surface area contributed by atoms with Crippen LogP contribution in [-0.4, -0.2) is 19.9 Å². The van der Waals surface area contributed by atoms with Crippen molar-refractivity contribution in [2.45, 2.75) is 0 Å². The highest BCUT2D eigenvalue weighted by Crippen LogP contribution is 2.23. The highest BCUT2D eigenvalue weighted by Gasteiger charge is 2.04. The number of rotatable bonds is 3. The Hall–Kier alpha value is -1.46. The summed E-state index contributed by atoms with van der Waals surface area (Å²) in [5.74, 6) is 0. The van der Waals surface area contributed by atoms with Gasteiger partial charge in [0.25, 0.3) is 0 Å². The Balaban J connectivity index is 2.60. The van der Waals surface area contributed by atoms with Crippen molar-refractivity contribution in [2.24, 2.45) is 0 Å². The van der Waals surface area contributed by atoms with E-state index >= 15 is 0 Å². The molecule has 1 aromatic rings. The zero-order valence-corrected chi connectivity index (χ0v) is 8.97. The first kappa shape index (κ1) is 11.6. The van der Waals surface area contributed by atoms with E-state index in [4.69, 9.17) is 17.3 Å². The highest BCUT2D eigenvalue weighted by atomic mass is 35.5. The number of methoxy groups -OCH3 is 1. The van der Waals surface area contributed by atoms with Gasteiger partial charge in [-0.15, -0.1) is 0 Å². The van der Waals surface area contributed by atoms with E-state index in [2.05, 4.69) is 15.4 Å². The van der Waals surface area contributed by atoms with Crippen LogP contribution >= 0.6 is 11.6 Å². The number of nitrogens with one attached hydrogen (secondary N) is 2. The first-order valence-electron chi connectivity index (χ1n) is 4.22.